The van der Waals surface area contributed by atoms with E-state index in [-0.39, 0.29) is 11.3 Å². The number of hydrogen-bond donors (Lipinski definition) is 1. The molecule has 88 valence electrons. The molecule has 0 unspecified atom stereocenters. The van der Waals surface area contributed by atoms with E-state index in [0.29, 0.717) is 6.42 Å². The fourth-order valence-corrected chi connectivity index (χ4v) is 2.45. The van der Waals surface area contributed by atoms with Crippen molar-refractivity contribution in [3.63, 3.8) is 0 Å². The molecule has 0 aliphatic heterocycles. The first-order valence-corrected chi connectivity index (χ1v) is 6.45. The smallest absolute Gasteiger partial charge is 0.224 e. The Hall–Kier alpha value is -0.870. The van der Waals surface area contributed by atoms with E-state index in [4.69, 9.17) is 4.74 Å². The third-order valence-electron chi connectivity index (χ3n) is 3.01. The summed E-state index contributed by atoms with van der Waals surface area (Å²) in [6, 6.07) is 1.99. The predicted octanol–water partition coefficient (Wildman–Crippen LogP) is 1.83. The Balaban J connectivity index is 1.72. The van der Waals surface area contributed by atoms with Crippen LogP contribution in [0.3, 0.4) is 0 Å². The summed E-state index contributed by atoms with van der Waals surface area (Å²) in [7, 11) is 1.72. The average molecular weight is 239 g/mol. The second-order valence-corrected chi connectivity index (χ2v) is 5.30. The topological polar surface area (TPSA) is 38.3 Å². The lowest BCUT2D eigenvalue weighted by molar-refractivity contribution is -0.120. The van der Waals surface area contributed by atoms with Crippen molar-refractivity contribution >= 4 is 17.2 Å². The molecule has 0 saturated heterocycles. The summed E-state index contributed by atoms with van der Waals surface area (Å²) >= 11 is 1.63. The summed E-state index contributed by atoms with van der Waals surface area (Å²) in [4.78, 5) is 11.6. The first kappa shape index (κ1) is 11.6. The maximum atomic E-state index is 11.6. The zero-order valence-electron chi connectivity index (χ0n) is 9.49. The Kier molecular flexibility index (Phi) is 3.61. The fraction of sp³-hybridized carbons (Fsp3) is 0.583. The molecule has 0 atom stereocenters. The van der Waals surface area contributed by atoms with Crippen molar-refractivity contribution in [2.24, 2.45) is 5.41 Å². The summed E-state index contributed by atoms with van der Waals surface area (Å²) in [5.74, 6) is 0.112. The van der Waals surface area contributed by atoms with E-state index in [2.05, 4.69) is 5.32 Å². The van der Waals surface area contributed by atoms with Gasteiger partial charge in [-0.3, -0.25) is 4.79 Å². The van der Waals surface area contributed by atoms with E-state index >= 15 is 0 Å². The number of amides is 1. The fourth-order valence-electron chi connectivity index (χ4n) is 1.78. The van der Waals surface area contributed by atoms with Gasteiger partial charge in [-0.05, 0) is 35.2 Å². The van der Waals surface area contributed by atoms with Crippen LogP contribution in [-0.2, 0) is 16.0 Å². The van der Waals surface area contributed by atoms with Gasteiger partial charge in [0.2, 0.25) is 5.91 Å². The van der Waals surface area contributed by atoms with Gasteiger partial charge in [-0.15, -0.1) is 0 Å². The van der Waals surface area contributed by atoms with Crippen LogP contribution >= 0.6 is 11.3 Å². The molecule has 16 heavy (non-hydrogen) atoms. The quantitative estimate of drug-likeness (QED) is 0.822. The van der Waals surface area contributed by atoms with Gasteiger partial charge in [0.1, 0.15) is 0 Å². The monoisotopic (exact) mass is 239 g/mol. The number of methoxy groups -OCH3 is 1. The maximum absolute atomic E-state index is 11.6. The number of hydrogen-bond acceptors (Lipinski definition) is 3. The Morgan fingerprint density at radius 1 is 1.62 bits per heavy atom. The summed E-state index contributed by atoms with van der Waals surface area (Å²) in [5, 5.41) is 7.01. The van der Waals surface area contributed by atoms with Gasteiger partial charge in [0, 0.05) is 19.1 Å². The van der Waals surface area contributed by atoms with Crippen molar-refractivity contribution in [3.8, 4) is 0 Å². The van der Waals surface area contributed by atoms with Crippen molar-refractivity contribution in [1.82, 2.24) is 5.32 Å². The molecule has 1 aromatic heterocycles. The largest absolute Gasteiger partial charge is 0.384 e. The number of ether oxygens (including phenoxy) is 1. The minimum Gasteiger partial charge on any atom is -0.384 e. The van der Waals surface area contributed by atoms with Gasteiger partial charge in [0.15, 0.2) is 0 Å². The molecule has 1 amide bonds. The van der Waals surface area contributed by atoms with Gasteiger partial charge in [0.05, 0.1) is 13.0 Å². The van der Waals surface area contributed by atoms with Gasteiger partial charge in [-0.25, -0.2) is 0 Å². The second-order valence-electron chi connectivity index (χ2n) is 4.52. The van der Waals surface area contributed by atoms with Crippen LogP contribution in [0.25, 0.3) is 0 Å². The molecule has 0 bridgehead atoms. The standard InChI is InChI=1S/C12H17NO2S/c1-15-9-12(3-4-12)8-13-11(14)6-10-2-5-16-7-10/h2,5,7H,3-4,6,8-9H2,1H3,(H,13,14). The molecule has 0 spiro atoms. The van der Waals surface area contributed by atoms with E-state index in [1.54, 1.807) is 18.4 Å². The van der Waals surface area contributed by atoms with E-state index in [9.17, 15) is 4.79 Å². The first-order valence-electron chi connectivity index (χ1n) is 5.51. The van der Waals surface area contributed by atoms with Crippen LogP contribution in [0.5, 0.6) is 0 Å². The Bertz CT molecular complexity index is 344. The first-order chi connectivity index (χ1) is 7.74. The number of carbonyl (C=O) groups is 1. The van der Waals surface area contributed by atoms with Crippen LogP contribution in [0.4, 0.5) is 0 Å². The van der Waals surface area contributed by atoms with E-state index in [1.807, 2.05) is 16.8 Å². The minimum atomic E-state index is 0.112. The zero-order chi connectivity index (χ0) is 11.4. The Morgan fingerprint density at radius 2 is 2.44 bits per heavy atom. The summed E-state index contributed by atoms with van der Waals surface area (Å²) in [6.07, 6.45) is 2.83. The van der Waals surface area contributed by atoms with Gasteiger partial charge < -0.3 is 10.1 Å². The second kappa shape index (κ2) is 4.97. The summed E-state index contributed by atoms with van der Waals surface area (Å²) < 4.78 is 5.16. The van der Waals surface area contributed by atoms with Crippen LogP contribution in [0.2, 0.25) is 0 Å². The summed E-state index contributed by atoms with van der Waals surface area (Å²) in [5.41, 5.74) is 1.33. The van der Waals surface area contributed by atoms with Crippen molar-refractivity contribution in [2.75, 3.05) is 20.3 Å². The van der Waals surface area contributed by atoms with Crippen LogP contribution in [0, 0.1) is 5.41 Å². The number of thiophene rings is 1. The molecule has 1 fully saturated rings. The molecular formula is C12H17NO2S. The van der Waals surface area contributed by atoms with Gasteiger partial charge in [-0.1, -0.05) is 0 Å². The highest BCUT2D eigenvalue weighted by atomic mass is 32.1. The molecule has 0 aromatic carbocycles. The highest BCUT2D eigenvalue weighted by Gasteiger charge is 2.42. The Labute approximate surface area is 99.8 Å². The Morgan fingerprint density at radius 3 is 3.00 bits per heavy atom. The molecule has 1 heterocycles. The number of carbonyl (C=O) groups excluding carboxylic acids is 1. The van der Waals surface area contributed by atoms with Crippen molar-refractivity contribution in [2.45, 2.75) is 19.3 Å². The lowest BCUT2D eigenvalue weighted by atomic mass is 10.1. The van der Waals surface area contributed by atoms with E-state index in [0.717, 1.165) is 18.7 Å². The van der Waals surface area contributed by atoms with Crippen molar-refractivity contribution in [3.05, 3.63) is 22.4 Å². The summed E-state index contributed by atoms with van der Waals surface area (Å²) in [6.45, 7) is 1.51. The molecule has 1 aliphatic carbocycles. The van der Waals surface area contributed by atoms with Crippen LogP contribution < -0.4 is 5.32 Å². The molecule has 1 N–H and O–H groups in total. The zero-order valence-corrected chi connectivity index (χ0v) is 10.3. The van der Waals surface area contributed by atoms with E-state index < -0.39 is 0 Å². The SMILES string of the molecule is COCC1(CNC(=O)Cc2ccsc2)CC1. The van der Waals surface area contributed by atoms with Crippen molar-refractivity contribution in [1.29, 1.82) is 0 Å². The molecule has 0 radical (unpaired) electrons. The average Bonchev–Trinajstić information content (AvgIpc) is 2.83. The lowest BCUT2D eigenvalue weighted by Gasteiger charge is -2.14. The van der Waals surface area contributed by atoms with Gasteiger partial charge in [-0.2, -0.15) is 11.3 Å². The van der Waals surface area contributed by atoms with Crippen LogP contribution in [0.1, 0.15) is 18.4 Å². The lowest BCUT2D eigenvalue weighted by Crippen LogP contribution is -2.33. The van der Waals surface area contributed by atoms with E-state index in [1.165, 1.54) is 12.8 Å². The highest BCUT2D eigenvalue weighted by Crippen LogP contribution is 2.44. The van der Waals surface area contributed by atoms with Crippen LogP contribution in [0.15, 0.2) is 16.8 Å². The molecule has 1 aromatic rings. The van der Waals surface area contributed by atoms with Crippen molar-refractivity contribution < 1.29 is 9.53 Å². The number of nitrogens with one attached hydrogen (secondary N) is 1. The highest BCUT2D eigenvalue weighted by molar-refractivity contribution is 7.07. The maximum Gasteiger partial charge on any atom is 0.224 e. The number of rotatable bonds is 6. The molecule has 1 saturated carbocycles. The minimum absolute atomic E-state index is 0.112. The molecule has 3 nitrogen and oxygen atoms in total. The molecule has 1 aliphatic rings. The van der Waals surface area contributed by atoms with Gasteiger partial charge in [0.25, 0.3) is 0 Å². The molecular weight excluding hydrogens is 222 g/mol. The van der Waals surface area contributed by atoms with Gasteiger partial charge >= 0.3 is 0 Å². The molecule has 4 heteroatoms. The third-order valence-corrected chi connectivity index (χ3v) is 3.75. The van der Waals surface area contributed by atoms with Crippen LogP contribution in [-0.4, -0.2) is 26.2 Å². The third kappa shape index (κ3) is 3.06. The normalized spacial score (nSPS) is 17.1. The molecule has 2 rings (SSSR count). The predicted molar refractivity (Wildman–Crippen MR) is 64.6 cm³/mol.